The van der Waals surface area contributed by atoms with Gasteiger partial charge in [-0.25, -0.2) is 23.4 Å². The summed E-state index contributed by atoms with van der Waals surface area (Å²) in [6.07, 6.45) is 2.04. The molecule has 202 valence electrons. The molecule has 0 bridgehead atoms. The first-order valence-electron chi connectivity index (χ1n) is 11.7. The third-order valence-corrected chi connectivity index (χ3v) is 4.95. The van der Waals surface area contributed by atoms with Gasteiger partial charge in [0.1, 0.15) is 17.0 Å². The molecule has 0 aliphatic heterocycles. The summed E-state index contributed by atoms with van der Waals surface area (Å²) in [5.74, 6) is -2.01. The lowest BCUT2D eigenvalue weighted by Crippen LogP contribution is -2.44. The molecule has 0 saturated carbocycles. The highest BCUT2D eigenvalue weighted by Crippen LogP contribution is 2.27. The van der Waals surface area contributed by atoms with Crippen molar-refractivity contribution in [2.75, 3.05) is 10.2 Å². The molecule has 0 atom stereocenters. The highest BCUT2D eigenvalue weighted by molar-refractivity contribution is 6.30. The van der Waals surface area contributed by atoms with Gasteiger partial charge in [0.25, 0.3) is 0 Å². The minimum atomic E-state index is -1.13. The molecule has 0 saturated heterocycles. The first-order chi connectivity index (χ1) is 17.6. The Hall–Kier alpha value is -3.79. The Morgan fingerprint density at radius 3 is 2.18 bits per heavy atom. The predicted octanol–water partition coefficient (Wildman–Crippen LogP) is 7.42. The first-order valence-corrected chi connectivity index (χ1v) is 12.1. The maximum atomic E-state index is 15.7. The van der Waals surface area contributed by atoms with Crippen molar-refractivity contribution in [3.63, 3.8) is 0 Å². The summed E-state index contributed by atoms with van der Waals surface area (Å²) in [4.78, 5) is 34.4. The van der Waals surface area contributed by atoms with Crippen molar-refractivity contribution in [1.82, 2.24) is 9.97 Å². The zero-order valence-electron chi connectivity index (χ0n) is 21.9. The van der Waals surface area contributed by atoms with Crippen LogP contribution in [0.25, 0.3) is 0 Å². The van der Waals surface area contributed by atoms with Crippen LogP contribution in [0.4, 0.5) is 35.6 Å². The van der Waals surface area contributed by atoms with Crippen LogP contribution in [-0.2, 0) is 15.9 Å². The average molecular weight is 547 g/mol. The number of carbonyl (C=O) groups excluding carboxylic acids is 2. The summed E-state index contributed by atoms with van der Waals surface area (Å²) < 4.78 is 40.5. The Morgan fingerprint density at radius 2 is 1.61 bits per heavy atom. The van der Waals surface area contributed by atoms with Crippen LogP contribution in [0.2, 0.25) is 5.02 Å². The van der Waals surface area contributed by atoms with Crippen LogP contribution in [0, 0.1) is 11.6 Å². The van der Waals surface area contributed by atoms with Gasteiger partial charge in [-0.15, -0.1) is 0 Å². The number of benzene rings is 1. The zero-order chi connectivity index (χ0) is 28.3. The third-order valence-electron chi connectivity index (χ3n) is 4.71. The van der Waals surface area contributed by atoms with E-state index in [2.05, 4.69) is 15.3 Å². The van der Waals surface area contributed by atoms with Gasteiger partial charge in [-0.2, -0.15) is 4.90 Å². The van der Waals surface area contributed by atoms with Crippen molar-refractivity contribution >= 4 is 41.0 Å². The minimum absolute atomic E-state index is 0.0312. The summed E-state index contributed by atoms with van der Waals surface area (Å²) in [5, 5.41) is 3.17. The van der Waals surface area contributed by atoms with Gasteiger partial charge in [-0.05, 0) is 83.0 Å². The van der Waals surface area contributed by atoms with Crippen LogP contribution in [0.3, 0.4) is 0 Å². The van der Waals surface area contributed by atoms with Gasteiger partial charge in [0.05, 0.1) is 17.6 Å². The van der Waals surface area contributed by atoms with Crippen molar-refractivity contribution in [2.24, 2.45) is 0 Å². The lowest BCUT2D eigenvalue weighted by molar-refractivity contribution is 0.0427. The highest BCUT2D eigenvalue weighted by Gasteiger charge is 2.35. The molecule has 0 aliphatic rings. The molecule has 1 aromatic carbocycles. The van der Waals surface area contributed by atoms with E-state index in [0.717, 1.165) is 0 Å². The molecule has 1 N–H and O–H groups in total. The summed E-state index contributed by atoms with van der Waals surface area (Å²) in [6.45, 7) is 9.68. The van der Waals surface area contributed by atoms with E-state index in [1.165, 1.54) is 36.8 Å². The Morgan fingerprint density at radius 1 is 0.974 bits per heavy atom. The van der Waals surface area contributed by atoms with E-state index < -0.39 is 40.8 Å². The second kappa shape index (κ2) is 11.3. The van der Waals surface area contributed by atoms with Crippen LogP contribution in [-0.4, -0.2) is 33.4 Å². The number of ether oxygens (including phenoxy) is 2. The smallest absolute Gasteiger partial charge is 0.425 e. The van der Waals surface area contributed by atoms with E-state index in [0.29, 0.717) is 16.2 Å². The highest BCUT2D eigenvalue weighted by atomic mass is 35.5. The molecule has 0 unspecified atom stereocenters. The molecule has 2 amide bonds. The minimum Gasteiger partial charge on any atom is -0.443 e. The number of imide groups is 1. The number of halogens is 3. The van der Waals surface area contributed by atoms with Crippen LogP contribution >= 0.6 is 11.6 Å². The molecular formula is C27H29ClF2N4O4. The number of nitrogens with one attached hydrogen (secondary N) is 1. The van der Waals surface area contributed by atoms with E-state index in [4.69, 9.17) is 21.1 Å². The number of amides is 2. The van der Waals surface area contributed by atoms with Gasteiger partial charge in [0.15, 0.2) is 11.6 Å². The molecule has 11 heteroatoms. The van der Waals surface area contributed by atoms with Gasteiger partial charge in [-0.3, -0.25) is 4.98 Å². The standard InChI is InChI=1S/C27H29ClF2N4O4/c1-26(2,3)37-24(35)34(25(36)38-27(4,5)6)23-22(30)17(9-10-32-23)11-16-12-19(15-31-14-16)33-21-8-7-18(28)13-20(21)29/h7-10,12-15,33H,11H2,1-6H3. The van der Waals surface area contributed by atoms with Gasteiger partial charge < -0.3 is 14.8 Å². The maximum absolute atomic E-state index is 15.7. The fraction of sp³-hybridized carbons (Fsp3) is 0.333. The number of hydrogen-bond acceptors (Lipinski definition) is 7. The molecule has 3 rings (SSSR count). The number of carbonyl (C=O) groups is 2. The lowest BCUT2D eigenvalue weighted by atomic mass is 10.1. The van der Waals surface area contributed by atoms with Crippen molar-refractivity contribution < 1.29 is 27.8 Å². The van der Waals surface area contributed by atoms with Gasteiger partial charge in [0.2, 0.25) is 0 Å². The zero-order valence-corrected chi connectivity index (χ0v) is 22.7. The second-order valence-corrected chi connectivity index (χ2v) is 10.8. The van der Waals surface area contributed by atoms with Gasteiger partial charge in [0, 0.05) is 23.8 Å². The molecule has 2 heterocycles. The molecule has 2 aromatic heterocycles. The lowest BCUT2D eigenvalue weighted by Gasteiger charge is -2.28. The Bertz CT molecular complexity index is 1310. The summed E-state index contributed by atoms with van der Waals surface area (Å²) >= 11 is 5.81. The molecule has 8 nitrogen and oxygen atoms in total. The second-order valence-electron chi connectivity index (χ2n) is 10.4. The van der Waals surface area contributed by atoms with Gasteiger partial charge in [-0.1, -0.05) is 11.6 Å². The quantitative estimate of drug-likeness (QED) is 0.356. The van der Waals surface area contributed by atoms with Crippen molar-refractivity contribution in [1.29, 1.82) is 0 Å². The first kappa shape index (κ1) is 28.8. The van der Waals surface area contributed by atoms with E-state index in [-0.39, 0.29) is 22.7 Å². The monoisotopic (exact) mass is 546 g/mol. The fourth-order valence-corrected chi connectivity index (χ4v) is 3.40. The van der Waals surface area contributed by atoms with Crippen molar-refractivity contribution in [2.45, 2.75) is 59.2 Å². The van der Waals surface area contributed by atoms with Crippen LogP contribution < -0.4 is 10.2 Å². The number of pyridine rings is 2. The van der Waals surface area contributed by atoms with E-state index in [9.17, 15) is 14.0 Å². The summed E-state index contributed by atoms with van der Waals surface area (Å²) in [5.41, 5.74) is -0.578. The summed E-state index contributed by atoms with van der Waals surface area (Å²) in [6, 6.07) is 7.29. The average Bonchev–Trinajstić information content (AvgIpc) is 2.76. The maximum Gasteiger partial charge on any atom is 0.425 e. The number of hydrogen-bond donors (Lipinski definition) is 1. The van der Waals surface area contributed by atoms with Gasteiger partial charge >= 0.3 is 12.2 Å². The molecular weight excluding hydrogens is 518 g/mol. The van der Waals surface area contributed by atoms with Crippen molar-refractivity contribution in [3.8, 4) is 0 Å². The van der Waals surface area contributed by atoms with Crippen LogP contribution in [0.15, 0.2) is 48.9 Å². The number of anilines is 3. The van der Waals surface area contributed by atoms with Crippen molar-refractivity contribution in [3.05, 3.63) is 76.7 Å². The Labute approximate surface area is 224 Å². The predicted molar refractivity (Wildman–Crippen MR) is 141 cm³/mol. The van der Waals surface area contributed by atoms with E-state index >= 15 is 4.39 Å². The normalized spacial score (nSPS) is 11.6. The number of rotatable bonds is 5. The Kier molecular flexibility index (Phi) is 8.56. The largest absolute Gasteiger partial charge is 0.443 e. The molecule has 38 heavy (non-hydrogen) atoms. The Balaban J connectivity index is 1.92. The third kappa shape index (κ3) is 7.85. The fourth-order valence-electron chi connectivity index (χ4n) is 3.25. The molecule has 0 aliphatic carbocycles. The molecule has 0 fully saturated rings. The number of aromatic nitrogens is 2. The molecule has 3 aromatic rings. The number of nitrogens with zero attached hydrogens (tertiary/aromatic N) is 3. The van der Waals surface area contributed by atoms with Crippen LogP contribution in [0.5, 0.6) is 0 Å². The topological polar surface area (TPSA) is 93.7 Å². The SMILES string of the molecule is CC(C)(C)OC(=O)N(C(=O)OC(C)(C)C)c1nccc(Cc2cncc(Nc3ccc(Cl)cc3F)c2)c1F. The van der Waals surface area contributed by atoms with Crippen LogP contribution in [0.1, 0.15) is 52.7 Å². The van der Waals surface area contributed by atoms with E-state index in [1.54, 1.807) is 53.7 Å². The molecule has 0 radical (unpaired) electrons. The summed E-state index contributed by atoms with van der Waals surface area (Å²) in [7, 11) is 0. The van der Waals surface area contributed by atoms with E-state index in [1.807, 2.05) is 0 Å². The molecule has 0 spiro atoms.